The van der Waals surface area contributed by atoms with Gasteiger partial charge in [0.25, 0.3) is 0 Å². The number of hydrogen-bond acceptors (Lipinski definition) is 5. The van der Waals surface area contributed by atoms with Crippen LogP contribution in [0.15, 0.2) is 48.5 Å². The highest BCUT2D eigenvalue weighted by Crippen LogP contribution is 2.31. The van der Waals surface area contributed by atoms with Crippen molar-refractivity contribution < 1.29 is 18.7 Å². The van der Waals surface area contributed by atoms with E-state index in [0.29, 0.717) is 26.2 Å². The van der Waals surface area contributed by atoms with Gasteiger partial charge in [-0.15, -0.1) is 0 Å². The van der Waals surface area contributed by atoms with Gasteiger partial charge in [0, 0.05) is 26.2 Å². The number of ether oxygens (including phenoxy) is 2. The fourth-order valence-corrected chi connectivity index (χ4v) is 3.30. The predicted octanol–water partition coefficient (Wildman–Crippen LogP) is 3.09. The molecule has 0 radical (unpaired) electrons. The van der Waals surface area contributed by atoms with Crippen molar-refractivity contribution in [1.82, 2.24) is 4.90 Å². The van der Waals surface area contributed by atoms with Crippen LogP contribution in [-0.2, 0) is 16.1 Å². The number of benzene rings is 2. The van der Waals surface area contributed by atoms with Crippen LogP contribution in [0.1, 0.15) is 12.5 Å². The minimum atomic E-state index is -0.365. The number of anilines is 1. The van der Waals surface area contributed by atoms with Crippen molar-refractivity contribution in [2.75, 3.05) is 38.2 Å². The van der Waals surface area contributed by atoms with E-state index in [-0.39, 0.29) is 30.2 Å². The van der Waals surface area contributed by atoms with E-state index in [1.807, 2.05) is 43.3 Å². The quantitative estimate of drug-likeness (QED) is 0.729. The first kappa shape index (κ1) is 19.2. The van der Waals surface area contributed by atoms with Crippen molar-refractivity contribution in [2.45, 2.75) is 19.6 Å². The molecule has 0 N–H and O–H groups in total. The Hall–Kier alpha value is -2.60. The average molecular weight is 372 g/mol. The first-order valence-corrected chi connectivity index (χ1v) is 9.12. The second kappa shape index (κ2) is 8.86. The van der Waals surface area contributed by atoms with E-state index < -0.39 is 0 Å². The summed E-state index contributed by atoms with van der Waals surface area (Å²) in [5.74, 6) is -0.327. The van der Waals surface area contributed by atoms with E-state index in [1.54, 1.807) is 6.07 Å². The van der Waals surface area contributed by atoms with Crippen molar-refractivity contribution in [1.29, 1.82) is 0 Å². The number of carbonyl (C=O) groups excluding carboxylic acids is 1. The lowest BCUT2D eigenvalue weighted by atomic mass is 10.2. The molecular weight excluding hydrogens is 347 g/mol. The summed E-state index contributed by atoms with van der Waals surface area (Å²) in [4.78, 5) is 16.5. The highest BCUT2D eigenvalue weighted by molar-refractivity contribution is 5.75. The number of halogens is 1. The van der Waals surface area contributed by atoms with Gasteiger partial charge in [-0.25, -0.2) is 4.39 Å². The Balaban J connectivity index is 1.54. The summed E-state index contributed by atoms with van der Waals surface area (Å²) < 4.78 is 24.6. The Bertz CT molecular complexity index is 761. The molecule has 0 saturated carbocycles. The molecule has 1 aliphatic rings. The lowest BCUT2D eigenvalue weighted by Crippen LogP contribution is -2.52. The third kappa shape index (κ3) is 4.57. The highest BCUT2D eigenvalue weighted by Gasteiger charge is 2.28. The van der Waals surface area contributed by atoms with Gasteiger partial charge in [0.2, 0.25) is 0 Å². The Morgan fingerprint density at radius 3 is 2.44 bits per heavy atom. The van der Waals surface area contributed by atoms with Gasteiger partial charge in [-0.3, -0.25) is 9.69 Å². The monoisotopic (exact) mass is 372 g/mol. The Labute approximate surface area is 159 Å². The number of para-hydroxylation sites is 1. The van der Waals surface area contributed by atoms with Crippen molar-refractivity contribution in [3.05, 3.63) is 59.9 Å². The SMILES string of the molecule is COc1c(F)cccc1N1CCN(C(C)C(=O)OCc2ccccc2)CC1. The predicted molar refractivity (Wildman–Crippen MR) is 102 cm³/mol. The van der Waals surface area contributed by atoms with Gasteiger partial charge in [-0.2, -0.15) is 0 Å². The molecule has 6 heteroatoms. The molecule has 0 aromatic heterocycles. The number of rotatable bonds is 6. The van der Waals surface area contributed by atoms with Crippen LogP contribution >= 0.6 is 0 Å². The molecule has 2 aromatic carbocycles. The van der Waals surface area contributed by atoms with E-state index in [9.17, 15) is 9.18 Å². The number of hydrogen-bond donors (Lipinski definition) is 0. The average Bonchev–Trinajstić information content (AvgIpc) is 2.72. The van der Waals surface area contributed by atoms with Gasteiger partial charge >= 0.3 is 5.97 Å². The van der Waals surface area contributed by atoms with Crippen LogP contribution in [0.4, 0.5) is 10.1 Å². The highest BCUT2D eigenvalue weighted by atomic mass is 19.1. The molecule has 0 bridgehead atoms. The summed E-state index contributed by atoms with van der Waals surface area (Å²) in [6.07, 6.45) is 0. The van der Waals surface area contributed by atoms with Crippen LogP contribution in [0.5, 0.6) is 5.75 Å². The normalized spacial score (nSPS) is 16.0. The molecule has 27 heavy (non-hydrogen) atoms. The fourth-order valence-electron chi connectivity index (χ4n) is 3.30. The van der Waals surface area contributed by atoms with Crippen molar-refractivity contribution in [3.63, 3.8) is 0 Å². The molecule has 1 atom stereocenters. The molecule has 5 nitrogen and oxygen atoms in total. The molecule has 1 heterocycles. The van der Waals surface area contributed by atoms with E-state index in [1.165, 1.54) is 13.2 Å². The zero-order chi connectivity index (χ0) is 19.2. The van der Waals surface area contributed by atoms with Crippen molar-refractivity contribution >= 4 is 11.7 Å². The zero-order valence-electron chi connectivity index (χ0n) is 15.7. The number of nitrogens with zero attached hydrogens (tertiary/aromatic N) is 2. The molecule has 1 saturated heterocycles. The Kier molecular flexibility index (Phi) is 6.29. The Morgan fingerprint density at radius 1 is 1.07 bits per heavy atom. The molecule has 3 rings (SSSR count). The molecule has 1 aliphatic heterocycles. The molecule has 0 amide bonds. The number of piperazine rings is 1. The minimum absolute atomic E-state index is 0.226. The molecule has 1 unspecified atom stereocenters. The number of methoxy groups -OCH3 is 1. The second-order valence-corrected chi connectivity index (χ2v) is 6.58. The number of carbonyl (C=O) groups is 1. The fraction of sp³-hybridized carbons (Fsp3) is 0.381. The van der Waals surface area contributed by atoms with E-state index in [4.69, 9.17) is 9.47 Å². The third-order valence-corrected chi connectivity index (χ3v) is 4.92. The van der Waals surface area contributed by atoms with Crippen LogP contribution in [0, 0.1) is 5.82 Å². The molecule has 144 valence electrons. The largest absolute Gasteiger partial charge is 0.492 e. The first-order chi connectivity index (χ1) is 13.1. The van der Waals surface area contributed by atoms with Crippen LogP contribution in [-0.4, -0.2) is 50.2 Å². The van der Waals surface area contributed by atoms with Crippen LogP contribution in [0.3, 0.4) is 0 Å². The lowest BCUT2D eigenvalue weighted by Gasteiger charge is -2.38. The first-order valence-electron chi connectivity index (χ1n) is 9.12. The zero-order valence-corrected chi connectivity index (χ0v) is 15.7. The van der Waals surface area contributed by atoms with Gasteiger partial charge in [0.1, 0.15) is 12.6 Å². The van der Waals surface area contributed by atoms with E-state index in [2.05, 4.69) is 9.80 Å². The molecule has 2 aromatic rings. The van der Waals surface area contributed by atoms with Crippen LogP contribution < -0.4 is 9.64 Å². The smallest absolute Gasteiger partial charge is 0.323 e. The maximum Gasteiger partial charge on any atom is 0.323 e. The second-order valence-electron chi connectivity index (χ2n) is 6.58. The van der Waals surface area contributed by atoms with E-state index >= 15 is 0 Å². The summed E-state index contributed by atoms with van der Waals surface area (Å²) in [5, 5.41) is 0. The van der Waals surface area contributed by atoms with Crippen LogP contribution in [0.2, 0.25) is 0 Å². The Morgan fingerprint density at radius 2 is 1.78 bits per heavy atom. The van der Waals surface area contributed by atoms with Crippen LogP contribution in [0.25, 0.3) is 0 Å². The molecule has 0 spiro atoms. The maximum atomic E-state index is 13.9. The summed E-state index contributed by atoms with van der Waals surface area (Å²) >= 11 is 0. The summed E-state index contributed by atoms with van der Waals surface area (Å²) in [6, 6.07) is 14.3. The topological polar surface area (TPSA) is 42.0 Å². The van der Waals surface area contributed by atoms with Gasteiger partial charge in [0.15, 0.2) is 11.6 Å². The van der Waals surface area contributed by atoms with E-state index in [0.717, 1.165) is 11.3 Å². The molecule has 1 fully saturated rings. The molecular formula is C21H25FN2O3. The van der Waals surface area contributed by atoms with Gasteiger partial charge in [-0.1, -0.05) is 36.4 Å². The lowest BCUT2D eigenvalue weighted by molar-refractivity contribution is -0.150. The summed E-state index contributed by atoms with van der Waals surface area (Å²) in [6.45, 7) is 4.92. The summed E-state index contributed by atoms with van der Waals surface area (Å²) in [5.41, 5.74) is 1.72. The van der Waals surface area contributed by atoms with Gasteiger partial charge in [-0.05, 0) is 24.6 Å². The van der Waals surface area contributed by atoms with Gasteiger partial charge < -0.3 is 14.4 Å². The number of esters is 1. The van der Waals surface area contributed by atoms with Crippen molar-refractivity contribution in [2.24, 2.45) is 0 Å². The van der Waals surface area contributed by atoms with Gasteiger partial charge in [0.05, 0.1) is 12.8 Å². The minimum Gasteiger partial charge on any atom is -0.492 e. The third-order valence-electron chi connectivity index (χ3n) is 4.92. The maximum absolute atomic E-state index is 13.9. The molecule has 0 aliphatic carbocycles. The standard InChI is InChI=1S/C21H25FN2O3/c1-16(21(25)27-15-17-7-4-3-5-8-17)23-11-13-24(14-12-23)19-10-6-9-18(22)20(19)26-2/h3-10,16H,11-15H2,1-2H3. The summed E-state index contributed by atoms with van der Waals surface area (Å²) in [7, 11) is 1.48. The van der Waals surface area contributed by atoms with Crippen molar-refractivity contribution in [3.8, 4) is 5.75 Å².